The van der Waals surface area contributed by atoms with Crippen LogP contribution in [0, 0.1) is 5.92 Å². The molecular formula is C22H27N3O5S. The molecule has 1 fully saturated rings. The van der Waals surface area contributed by atoms with E-state index in [2.05, 4.69) is 4.72 Å². The Kier molecular flexibility index (Phi) is 5.79. The van der Waals surface area contributed by atoms with Crippen molar-refractivity contribution in [2.75, 3.05) is 30.7 Å². The van der Waals surface area contributed by atoms with Gasteiger partial charge in [0.25, 0.3) is 11.5 Å². The van der Waals surface area contributed by atoms with Crippen LogP contribution in [0.5, 0.6) is 5.75 Å². The number of ether oxygens (including phenoxy) is 1. The van der Waals surface area contributed by atoms with Crippen molar-refractivity contribution >= 4 is 21.6 Å². The number of nitrogens with zero attached hydrogens (tertiary/aromatic N) is 2. The SMILES string of the molecule is CCCS(=O)(=O)Nc1ccc2n(c1=O)C[C@@H]1C[C@@H]2CN(C(=O)c2ccc(OC)cc2)C1. The predicted molar refractivity (Wildman–Crippen MR) is 118 cm³/mol. The van der Waals surface area contributed by atoms with E-state index in [4.69, 9.17) is 4.74 Å². The highest BCUT2D eigenvalue weighted by molar-refractivity contribution is 7.92. The summed E-state index contributed by atoms with van der Waals surface area (Å²) in [5.74, 6) is 0.835. The third-order valence-electron chi connectivity index (χ3n) is 5.97. The molecule has 1 saturated heterocycles. The van der Waals surface area contributed by atoms with E-state index >= 15 is 0 Å². The van der Waals surface area contributed by atoms with Gasteiger partial charge in [-0.3, -0.25) is 14.3 Å². The Morgan fingerprint density at radius 2 is 1.87 bits per heavy atom. The number of methoxy groups -OCH3 is 1. The number of anilines is 1. The number of nitrogens with one attached hydrogen (secondary N) is 1. The molecule has 0 radical (unpaired) electrons. The lowest BCUT2D eigenvalue weighted by atomic mass is 9.83. The van der Waals surface area contributed by atoms with Crippen LogP contribution in [0.25, 0.3) is 0 Å². The Morgan fingerprint density at radius 1 is 1.13 bits per heavy atom. The number of hydrogen-bond acceptors (Lipinski definition) is 5. The molecule has 1 aromatic heterocycles. The van der Waals surface area contributed by atoms with Gasteiger partial charge in [0.1, 0.15) is 11.4 Å². The van der Waals surface area contributed by atoms with Crippen molar-refractivity contribution in [3.8, 4) is 5.75 Å². The van der Waals surface area contributed by atoms with Crippen LogP contribution in [0.3, 0.4) is 0 Å². The zero-order valence-electron chi connectivity index (χ0n) is 17.7. The average molecular weight is 446 g/mol. The van der Waals surface area contributed by atoms with Gasteiger partial charge < -0.3 is 14.2 Å². The first-order valence-electron chi connectivity index (χ1n) is 10.5. The molecule has 4 rings (SSSR count). The molecule has 2 aliphatic rings. The summed E-state index contributed by atoms with van der Waals surface area (Å²) < 4.78 is 33.5. The van der Waals surface area contributed by atoms with Gasteiger partial charge in [0.05, 0.1) is 12.9 Å². The minimum absolute atomic E-state index is 0.0259. The first-order valence-corrected chi connectivity index (χ1v) is 12.1. The third-order valence-corrected chi connectivity index (χ3v) is 7.44. The predicted octanol–water partition coefficient (Wildman–Crippen LogP) is 2.27. The Hall–Kier alpha value is -2.81. The molecule has 1 amide bonds. The van der Waals surface area contributed by atoms with Gasteiger partial charge in [-0.2, -0.15) is 0 Å². The number of carbonyl (C=O) groups excluding carboxylic acids is 1. The number of amides is 1. The van der Waals surface area contributed by atoms with Crippen LogP contribution in [0.1, 0.15) is 41.7 Å². The van der Waals surface area contributed by atoms with Crippen molar-refractivity contribution < 1.29 is 17.9 Å². The molecule has 166 valence electrons. The molecule has 3 heterocycles. The van der Waals surface area contributed by atoms with Gasteiger partial charge in [0, 0.05) is 36.8 Å². The van der Waals surface area contributed by atoms with E-state index in [9.17, 15) is 18.0 Å². The highest BCUT2D eigenvalue weighted by Crippen LogP contribution is 2.36. The first-order chi connectivity index (χ1) is 14.8. The summed E-state index contributed by atoms with van der Waals surface area (Å²) in [6.07, 6.45) is 1.39. The fourth-order valence-corrected chi connectivity index (χ4v) is 5.72. The molecule has 0 spiro atoms. The lowest BCUT2D eigenvalue weighted by Crippen LogP contribution is -2.49. The van der Waals surface area contributed by atoms with Crippen molar-refractivity contribution in [1.82, 2.24) is 9.47 Å². The van der Waals surface area contributed by atoms with Crippen LogP contribution in [-0.2, 0) is 16.6 Å². The summed E-state index contributed by atoms with van der Waals surface area (Å²) in [5, 5.41) is 0. The second-order valence-electron chi connectivity index (χ2n) is 8.25. The van der Waals surface area contributed by atoms with E-state index in [1.807, 2.05) is 11.0 Å². The Bertz CT molecular complexity index is 1140. The van der Waals surface area contributed by atoms with Gasteiger partial charge >= 0.3 is 0 Å². The van der Waals surface area contributed by atoms with Crippen LogP contribution in [0.15, 0.2) is 41.2 Å². The smallest absolute Gasteiger partial charge is 0.275 e. The number of carbonyl (C=O) groups is 1. The lowest BCUT2D eigenvalue weighted by Gasteiger charge is -2.43. The molecule has 8 nitrogen and oxygen atoms in total. The Labute approximate surface area is 181 Å². The summed E-state index contributed by atoms with van der Waals surface area (Å²) in [5.41, 5.74) is 1.23. The quantitative estimate of drug-likeness (QED) is 0.736. The van der Waals surface area contributed by atoms with Crippen molar-refractivity contribution in [1.29, 1.82) is 0 Å². The number of fused-ring (bicyclic) bond motifs is 4. The van der Waals surface area contributed by atoms with Crippen LogP contribution in [0.4, 0.5) is 5.69 Å². The minimum Gasteiger partial charge on any atom is -0.497 e. The summed E-state index contributed by atoms with van der Waals surface area (Å²) >= 11 is 0. The van der Waals surface area contributed by atoms with Crippen molar-refractivity contribution in [2.45, 2.75) is 32.2 Å². The standard InChI is InChI=1S/C22H27N3O5S/c1-3-10-31(28,29)23-19-8-9-20-17-11-15(13-25(20)22(19)27)12-24(14-17)21(26)16-4-6-18(30-2)7-5-16/h4-9,15,17,23H,3,10-14H2,1-2H3/t15-,17-/m1/s1. The lowest BCUT2D eigenvalue weighted by molar-refractivity contribution is 0.0594. The van der Waals surface area contributed by atoms with E-state index in [1.165, 1.54) is 0 Å². The molecule has 31 heavy (non-hydrogen) atoms. The number of pyridine rings is 1. The largest absolute Gasteiger partial charge is 0.497 e. The fourth-order valence-electron chi connectivity index (χ4n) is 4.59. The van der Waals surface area contributed by atoms with Crippen molar-refractivity contribution in [2.24, 2.45) is 5.92 Å². The molecule has 2 bridgehead atoms. The second kappa shape index (κ2) is 8.37. The van der Waals surface area contributed by atoms with Gasteiger partial charge in [-0.1, -0.05) is 6.92 Å². The third kappa shape index (κ3) is 4.32. The molecule has 2 aliphatic heterocycles. The summed E-state index contributed by atoms with van der Waals surface area (Å²) in [7, 11) is -1.95. The number of aromatic nitrogens is 1. The molecule has 0 aliphatic carbocycles. The van der Waals surface area contributed by atoms with Crippen molar-refractivity contribution in [3.63, 3.8) is 0 Å². The monoisotopic (exact) mass is 445 g/mol. The van der Waals surface area contributed by atoms with Crippen LogP contribution in [0.2, 0.25) is 0 Å². The minimum atomic E-state index is -3.53. The van der Waals surface area contributed by atoms with E-state index in [-0.39, 0.29) is 34.7 Å². The maximum Gasteiger partial charge on any atom is 0.275 e. The first kappa shape index (κ1) is 21.4. The summed E-state index contributed by atoms with van der Waals surface area (Å²) in [4.78, 5) is 27.8. The number of hydrogen-bond donors (Lipinski definition) is 1. The second-order valence-corrected chi connectivity index (χ2v) is 10.1. The van der Waals surface area contributed by atoms with E-state index in [1.54, 1.807) is 48.9 Å². The number of sulfonamides is 1. The maximum absolute atomic E-state index is 13.0. The average Bonchev–Trinajstić information content (AvgIpc) is 2.75. The molecule has 1 N–H and O–H groups in total. The topological polar surface area (TPSA) is 97.7 Å². The highest BCUT2D eigenvalue weighted by Gasteiger charge is 2.37. The summed E-state index contributed by atoms with van der Waals surface area (Å²) in [6.45, 7) is 3.35. The molecule has 2 aromatic rings. The van der Waals surface area contributed by atoms with Crippen LogP contribution >= 0.6 is 0 Å². The van der Waals surface area contributed by atoms with Crippen molar-refractivity contribution in [3.05, 3.63) is 58.0 Å². The van der Waals surface area contributed by atoms with Gasteiger partial charge in [-0.05, 0) is 55.2 Å². The fraction of sp³-hybridized carbons (Fsp3) is 0.455. The van der Waals surface area contributed by atoms with Gasteiger partial charge in [-0.25, -0.2) is 8.42 Å². The molecule has 0 saturated carbocycles. The normalized spacial score (nSPS) is 20.1. The zero-order chi connectivity index (χ0) is 22.2. The summed E-state index contributed by atoms with van der Waals surface area (Å²) in [6, 6.07) is 10.4. The van der Waals surface area contributed by atoms with Gasteiger partial charge in [0.2, 0.25) is 10.0 Å². The van der Waals surface area contributed by atoms with E-state index < -0.39 is 10.0 Å². The van der Waals surface area contributed by atoms with E-state index in [0.29, 0.717) is 37.4 Å². The van der Waals surface area contributed by atoms with Crippen LogP contribution < -0.4 is 15.0 Å². The number of benzene rings is 1. The maximum atomic E-state index is 13.0. The van der Waals surface area contributed by atoms with E-state index in [0.717, 1.165) is 12.1 Å². The highest BCUT2D eigenvalue weighted by atomic mass is 32.2. The number of likely N-dealkylation sites (tertiary alicyclic amines) is 1. The molecule has 9 heteroatoms. The number of piperidine rings is 1. The molecule has 2 atom stereocenters. The molecule has 0 unspecified atom stereocenters. The van der Waals surface area contributed by atoms with Gasteiger partial charge in [0.15, 0.2) is 0 Å². The molecular weight excluding hydrogens is 418 g/mol. The Morgan fingerprint density at radius 3 is 2.55 bits per heavy atom. The van der Waals surface area contributed by atoms with Gasteiger partial charge in [-0.15, -0.1) is 0 Å². The zero-order valence-corrected chi connectivity index (χ0v) is 18.5. The number of rotatable bonds is 6. The molecule has 1 aromatic carbocycles. The van der Waals surface area contributed by atoms with Crippen LogP contribution in [-0.4, -0.2) is 49.7 Å². The Balaban J connectivity index is 1.56.